The summed E-state index contributed by atoms with van der Waals surface area (Å²) in [6.07, 6.45) is 0.926. The molecule has 1 fully saturated rings. The van der Waals surface area contributed by atoms with Crippen molar-refractivity contribution in [2.45, 2.75) is 51.8 Å². The van der Waals surface area contributed by atoms with Gasteiger partial charge in [0.05, 0.1) is 28.8 Å². The second-order valence-electron chi connectivity index (χ2n) is 12.0. The van der Waals surface area contributed by atoms with Gasteiger partial charge in [-0.1, -0.05) is 78.3 Å². The van der Waals surface area contributed by atoms with E-state index in [1.807, 2.05) is 50.2 Å². The Kier molecular flexibility index (Phi) is 10.6. The fraction of sp³-hybridized carbons (Fsp3) is 0.343. The Labute approximate surface area is 285 Å². The van der Waals surface area contributed by atoms with E-state index in [1.54, 1.807) is 20.0 Å². The van der Waals surface area contributed by atoms with Crippen molar-refractivity contribution in [1.29, 1.82) is 0 Å². The van der Waals surface area contributed by atoms with Gasteiger partial charge in [0.1, 0.15) is 11.1 Å². The van der Waals surface area contributed by atoms with Crippen LogP contribution in [0, 0.1) is 10.1 Å². The van der Waals surface area contributed by atoms with Crippen LogP contribution in [0.2, 0.25) is 5.02 Å². The summed E-state index contributed by atoms with van der Waals surface area (Å²) in [6, 6.07) is 24.6. The predicted octanol–water partition coefficient (Wildman–Crippen LogP) is 7.19. The summed E-state index contributed by atoms with van der Waals surface area (Å²) >= 11 is 12.3. The van der Waals surface area contributed by atoms with Crippen LogP contribution in [0.4, 0.5) is 16.2 Å². The quantitative estimate of drug-likeness (QED) is 0.107. The number of piperidine rings is 1. The van der Waals surface area contributed by atoms with Crippen LogP contribution < -0.4 is 4.90 Å². The molecule has 2 amide bonds. The number of carbonyl (C=O) groups is 2. The number of likely N-dealkylation sites (tertiary alicyclic amines) is 1. The Morgan fingerprint density at radius 2 is 1.55 bits per heavy atom. The van der Waals surface area contributed by atoms with Crippen molar-refractivity contribution >= 4 is 52.3 Å². The summed E-state index contributed by atoms with van der Waals surface area (Å²) in [7, 11) is 1.65. The number of amides is 2. The Balaban J connectivity index is 1.40. The topological polar surface area (TPSA) is 99.5 Å². The van der Waals surface area contributed by atoms with E-state index in [9.17, 15) is 19.7 Å². The van der Waals surface area contributed by atoms with E-state index in [0.717, 1.165) is 0 Å². The number of allylic oxidation sites excluding steroid dienone is 1. The van der Waals surface area contributed by atoms with Crippen LogP contribution in [-0.2, 0) is 9.53 Å². The fourth-order valence-corrected chi connectivity index (χ4v) is 6.63. The van der Waals surface area contributed by atoms with Gasteiger partial charge in [0.25, 0.3) is 5.69 Å². The third-order valence-corrected chi connectivity index (χ3v) is 9.60. The van der Waals surface area contributed by atoms with Gasteiger partial charge in [-0.2, -0.15) is 0 Å². The molecule has 0 bridgehead atoms. The number of urea groups is 1. The minimum absolute atomic E-state index is 0.0557. The van der Waals surface area contributed by atoms with E-state index in [-0.39, 0.29) is 51.8 Å². The number of nitro benzene ring substituents is 1. The number of thiocarbonyl (C=S) groups is 1. The van der Waals surface area contributed by atoms with Gasteiger partial charge in [-0.3, -0.25) is 24.8 Å². The average molecular weight is 676 g/mol. The molecule has 5 rings (SSSR count). The van der Waals surface area contributed by atoms with Gasteiger partial charge in [0.2, 0.25) is 0 Å². The molecule has 2 aliphatic heterocycles. The number of hydrogen-bond acceptors (Lipinski definition) is 7. The number of ether oxygens (including phenoxy) is 1. The van der Waals surface area contributed by atoms with E-state index >= 15 is 0 Å². The molecule has 0 unspecified atom stereocenters. The molecule has 0 saturated carbocycles. The predicted molar refractivity (Wildman–Crippen MR) is 186 cm³/mol. The first-order valence-electron chi connectivity index (χ1n) is 15.6. The van der Waals surface area contributed by atoms with Crippen molar-refractivity contribution in [3.63, 3.8) is 0 Å². The monoisotopic (exact) mass is 675 g/mol. The normalized spacial score (nSPS) is 16.2. The summed E-state index contributed by atoms with van der Waals surface area (Å²) in [6.45, 7) is 6.73. The Morgan fingerprint density at radius 3 is 2.09 bits per heavy atom. The van der Waals surface area contributed by atoms with Crippen LogP contribution in [-0.4, -0.2) is 75.6 Å². The highest BCUT2D eigenvalue weighted by Crippen LogP contribution is 2.39. The molecule has 2 aliphatic rings. The Bertz CT molecular complexity index is 1640. The van der Waals surface area contributed by atoms with Crippen LogP contribution >= 0.6 is 23.8 Å². The number of halogens is 1. The SMILES string of the molecule is CC1=C(C(=O)OC2CCN(C(c3ccccc3)c3ccccc3)CC2)CN(C(=O)N(C)C(C)C)C(=S)N1c1cccc([N+](=O)[O-])c1Cl. The molecule has 1 saturated heterocycles. The lowest BCUT2D eigenvalue weighted by atomic mass is 9.94. The maximum absolute atomic E-state index is 13.9. The first-order valence-corrected chi connectivity index (χ1v) is 16.3. The third-order valence-electron chi connectivity index (χ3n) is 8.81. The maximum Gasteiger partial charge on any atom is 0.337 e. The van der Waals surface area contributed by atoms with Gasteiger partial charge in [0, 0.05) is 37.9 Å². The number of anilines is 1. The van der Waals surface area contributed by atoms with Crippen molar-refractivity contribution in [2.24, 2.45) is 0 Å². The number of benzene rings is 3. The summed E-state index contributed by atoms with van der Waals surface area (Å²) in [5.41, 5.74) is 2.89. The van der Waals surface area contributed by atoms with Gasteiger partial charge in [-0.05, 0) is 63.0 Å². The zero-order valence-corrected chi connectivity index (χ0v) is 28.4. The van der Waals surface area contributed by atoms with E-state index < -0.39 is 16.9 Å². The molecule has 0 N–H and O–H groups in total. The zero-order chi connectivity index (χ0) is 33.8. The molecular formula is C35H38ClN5O5S. The van der Waals surface area contributed by atoms with Crippen LogP contribution in [0.25, 0.3) is 0 Å². The standard InChI is InChI=1S/C35H38ClN5O5S/c1-23(2)37(4)34(43)39-22-28(24(3)40(35(39)47)29-16-11-17-30(31(29)36)41(44)45)33(42)46-27-18-20-38(21-19-27)32(25-12-7-5-8-13-25)26-14-9-6-10-15-26/h5-17,23,27,32H,18-22H2,1-4H3. The van der Waals surface area contributed by atoms with Gasteiger partial charge < -0.3 is 9.64 Å². The third kappa shape index (κ3) is 7.17. The molecular weight excluding hydrogens is 638 g/mol. The molecule has 3 aromatic rings. The minimum atomic E-state index is -0.588. The summed E-state index contributed by atoms with van der Waals surface area (Å²) in [4.78, 5) is 45.3. The minimum Gasteiger partial charge on any atom is -0.459 e. The summed E-state index contributed by atoms with van der Waals surface area (Å²) < 4.78 is 6.10. The molecule has 0 radical (unpaired) electrons. The summed E-state index contributed by atoms with van der Waals surface area (Å²) in [5, 5.41) is 11.6. The molecule has 10 nitrogen and oxygen atoms in total. The molecule has 3 aromatic carbocycles. The van der Waals surface area contributed by atoms with Crippen molar-refractivity contribution in [3.05, 3.63) is 116 Å². The van der Waals surface area contributed by atoms with Crippen molar-refractivity contribution in [3.8, 4) is 0 Å². The first-order chi connectivity index (χ1) is 22.5. The smallest absolute Gasteiger partial charge is 0.337 e. The van der Waals surface area contributed by atoms with Crippen LogP contribution in [0.1, 0.15) is 50.8 Å². The number of nitrogens with zero attached hydrogens (tertiary/aromatic N) is 5. The Morgan fingerprint density at radius 1 is 0.979 bits per heavy atom. The van der Waals surface area contributed by atoms with Gasteiger partial charge in [0.15, 0.2) is 5.11 Å². The second kappa shape index (κ2) is 14.6. The molecule has 2 heterocycles. The lowest BCUT2D eigenvalue weighted by Crippen LogP contribution is -2.56. The van der Waals surface area contributed by atoms with Gasteiger partial charge in [-0.25, -0.2) is 9.59 Å². The maximum atomic E-state index is 13.9. The number of esters is 1. The highest BCUT2D eigenvalue weighted by molar-refractivity contribution is 7.80. The zero-order valence-electron chi connectivity index (χ0n) is 26.8. The number of nitro groups is 1. The number of carbonyl (C=O) groups excluding carboxylic acids is 2. The molecule has 0 aliphatic carbocycles. The lowest BCUT2D eigenvalue weighted by Gasteiger charge is -2.41. The first kappa shape index (κ1) is 34.0. The van der Waals surface area contributed by atoms with Crippen molar-refractivity contribution in [1.82, 2.24) is 14.7 Å². The lowest BCUT2D eigenvalue weighted by molar-refractivity contribution is -0.384. The molecule has 47 heavy (non-hydrogen) atoms. The molecule has 0 aromatic heterocycles. The molecule has 12 heteroatoms. The average Bonchev–Trinajstić information content (AvgIpc) is 3.06. The highest BCUT2D eigenvalue weighted by atomic mass is 35.5. The van der Waals surface area contributed by atoms with Gasteiger partial charge in [-0.15, -0.1) is 0 Å². The van der Waals surface area contributed by atoms with E-state index in [4.69, 9.17) is 28.6 Å². The van der Waals surface area contributed by atoms with Gasteiger partial charge >= 0.3 is 12.0 Å². The summed E-state index contributed by atoms with van der Waals surface area (Å²) in [5.74, 6) is -0.567. The molecule has 246 valence electrons. The number of rotatable bonds is 8. The highest BCUT2D eigenvalue weighted by Gasteiger charge is 2.39. The van der Waals surface area contributed by atoms with E-state index in [2.05, 4.69) is 29.2 Å². The fourth-order valence-electron chi connectivity index (χ4n) is 5.98. The van der Waals surface area contributed by atoms with Crippen LogP contribution in [0.5, 0.6) is 0 Å². The molecule has 0 atom stereocenters. The van der Waals surface area contributed by atoms with E-state index in [0.29, 0.717) is 31.6 Å². The second-order valence-corrected chi connectivity index (χ2v) is 12.7. The Hall–Kier alpha value is -4.32. The molecule has 0 spiro atoms. The number of hydrogen-bond donors (Lipinski definition) is 0. The van der Waals surface area contributed by atoms with E-state index in [1.165, 1.54) is 38.0 Å². The van der Waals surface area contributed by atoms with Crippen molar-refractivity contribution < 1.29 is 19.2 Å². The van der Waals surface area contributed by atoms with Crippen LogP contribution in [0.15, 0.2) is 90.1 Å². The van der Waals surface area contributed by atoms with Crippen LogP contribution in [0.3, 0.4) is 0 Å². The van der Waals surface area contributed by atoms with Crippen molar-refractivity contribution in [2.75, 3.05) is 31.6 Å². The largest absolute Gasteiger partial charge is 0.459 e.